The molecule has 0 saturated carbocycles. The van der Waals surface area contributed by atoms with Gasteiger partial charge in [0.15, 0.2) is 29.2 Å². The average molecular weight is 508 g/mol. The van der Waals surface area contributed by atoms with E-state index in [0.29, 0.717) is 26.6 Å². The SMILES string of the molecule is COc1cc2c(cc1OC(=O)C(C)(C)C)C(=O)c1c3c-2c(OC)c(OC(=O)C(C)(C)C)cc3cc[n+]1[O-]. The van der Waals surface area contributed by atoms with Crippen LogP contribution >= 0.6 is 0 Å². The highest BCUT2D eigenvalue weighted by molar-refractivity contribution is 6.25. The molecule has 1 heterocycles. The van der Waals surface area contributed by atoms with Gasteiger partial charge in [-0.25, -0.2) is 0 Å². The van der Waals surface area contributed by atoms with Gasteiger partial charge in [-0.05, 0) is 65.1 Å². The van der Waals surface area contributed by atoms with Gasteiger partial charge in [0.1, 0.15) is 0 Å². The van der Waals surface area contributed by atoms with E-state index in [0.717, 1.165) is 0 Å². The summed E-state index contributed by atoms with van der Waals surface area (Å²) in [6.07, 6.45) is 1.22. The maximum absolute atomic E-state index is 13.6. The summed E-state index contributed by atoms with van der Waals surface area (Å²) >= 11 is 0. The van der Waals surface area contributed by atoms with Crippen LogP contribution in [0, 0.1) is 16.0 Å². The first kappa shape index (κ1) is 25.9. The predicted octanol–water partition coefficient (Wildman–Crippen LogP) is 4.60. The maximum atomic E-state index is 13.6. The van der Waals surface area contributed by atoms with Crippen LogP contribution in [-0.2, 0) is 9.59 Å². The van der Waals surface area contributed by atoms with Gasteiger partial charge in [0.05, 0.1) is 30.4 Å². The van der Waals surface area contributed by atoms with E-state index in [4.69, 9.17) is 18.9 Å². The number of esters is 2. The van der Waals surface area contributed by atoms with Gasteiger partial charge in [-0.15, -0.1) is 0 Å². The number of nitrogens with zero attached hydrogens (tertiary/aromatic N) is 1. The van der Waals surface area contributed by atoms with E-state index < -0.39 is 28.6 Å². The Labute approximate surface area is 214 Å². The number of ketones is 1. The second-order valence-corrected chi connectivity index (χ2v) is 10.9. The third-order valence-corrected chi connectivity index (χ3v) is 5.99. The molecule has 0 amide bonds. The Bertz CT molecular complexity index is 1470. The summed E-state index contributed by atoms with van der Waals surface area (Å²) in [4.78, 5) is 39.0. The Morgan fingerprint density at radius 1 is 0.811 bits per heavy atom. The summed E-state index contributed by atoms with van der Waals surface area (Å²) in [5, 5.41) is 13.7. The van der Waals surface area contributed by atoms with Gasteiger partial charge in [0, 0.05) is 22.8 Å². The minimum absolute atomic E-state index is 0.0388. The molecule has 194 valence electrons. The van der Waals surface area contributed by atoms with Crippen LogP contribution in [0.3, 0.4) is 0 Å². The number of aromatic nitrogens is 1. The van der Waals surface area contributed by atoms with Crippen LogP contribution in [0.5, 0.6) is 23.0 Å². The number of hydrogen-bond acceptors (Lipinski definition) is 8. The predicted molar refractivity (Wildman–Crippen MR) is 135 cm³/mol. The molecule has 37 heavy (non-hydrogen) atoms. The second-order valence-electron chi connectivity index (χ2n) is 10.9. The maximum Gasteiger partial charge on any atom is 0.316 e. The minimum atomic E-state index is -0.809. The number of hydrogen-bond donors (Lipinski definition) is 0. The first-order chi connectivity index (χ1) is 17.2. The van der Waals surface area contributed by atoms with Gasteiger partial charge in [-0.1, -0.05) is 0 Å². The van der Waals surface area contributed by atoms with Crippen LogP contribution in [0.2, 0.25) is 0 Å². The first-order valence-corrected chi connectivity index (χ1v) is 11.7. The molecule has 0 saturated heterocycles. The molecule has 1 aliphatic carbocycles. The van der Waals surface area contributed by atoms with Crippen LogP contribution in [-0.4, -0.2) is 31.9 Å². The highest BCUT2D eigenvalue weighted by Gasteiger charge is 2.38. The Morgan fingerprint density at radius 3 is 1.92 bits per heavy atom. The van der Waals surface area contributed by atoms with Crippen LogP contribution in [0.4, 0.5) is 0 Å². The van der Waals surface area contributed by atoms with E-state index in [1.54, 1.807) is 53.7 Å². The summed E-state index contributed by atoms with van der Waals surface area (Å²) in [5.74, 6) is -1.01. The van der Waals surface area contributed by atoms with Crippen molar-refractivity contribution in [3.05, 3.63) is 46.9 Å². The van der Waals surface area contributed by atoms with Gasteiger partial charge in [-0.2, -0.15) is 4.73 Å². The molecular weight excluding hydrogens is 478 g/mol. The number of ether oxygens (including phenoxy) is 4. The zero-order valence-corrected chi connectivity index (χ0v) is 22.1. The molecule has 0 radical (unpaired) electrons. The number of carbonyl (C=O) groups excluding carboxylic acids is 3. The number of rotatable bonds is 4. The van der Waals surface area contributed by atoms with Gasteiger partial charge in [0.25, 0.3) is 11.5 Å². The number of carbonyl (C=O) groups is 3. The standard InChI is InChI=1S/C28H29NO8/c1-27(2,3)25(31)36-18-13-16-15(12-17(18)34-7)21-20-14(9-10-29(33)22(20)23(16)30)11-19(24(21)35-8)37-26(32)28(4,5)6/h9-13H,1-8H3. The normalized spacial score (nSPS) is 12.7. The summed E-state index contributed by atoms with van der Waals surface area (Å²) in [5.41, 5.74) is -0.842. The fraction of sp³-hybridized carbons (Fsp3) is 0.357. The molecule has 2 aromatic carbocycles. The van der Waals surface area contributed by atoms with Crippen molar-refractivity contribution in [2.75, 3.05) is 14.2 Å². The Morgan fingerprint density at radius 2 is 1.38 bits per heavy atom. The van der Waals surface area contributed by atoms with Gasteiger partial charge < -0.3 is 24.2 Å². The van der Waals surface area contributed by atoms with Crippen LogP contribution in [0.25, 0.3) is 21.9 Å². The number of pyridine rings is 1. The summed E-state index contributed by atoms with van der Waals surface area (Å²) < 4.78 is 23.0. The van der Waals surface area contributed by atoms with Crippen molar-refractivity contribution in [3.8, 4) is 34.1 Å². The third-order valence-electron chi connectivity index (χ3n) is 5.99. The van der Waals surface area contributed by atoms with Crippen molar-refractivity contribution in [2.45, 2.75) is 41.5 Å². The lowest BCUT2D eigenvalue weighted by atomic mass is 9.84. The molecule has 1 aromatic heterocycles. The van der Waals surface area contributed by atoms with E-state index in [1.165, 1.54) is 32.5 Å². The molecule has 4 rings (SSSR count). The number of benzene rings is 2. The van der Waals surface area contributed by atoms with Crippen molar-refractivity contribution in [1.29, 1.82) is 0 Å². The molecule has 3 aromatic rings. The Balaban J connectivity index is 2.05. The fourth-order valence-electron chi connectivity index (χ4n) is 3.96. The zero-order chi connectivity index (χ0) is 27.4. The molecule has 0 unspecified atom stereocenters. The molecule has 0 N–H and O–H groups in total. The summed E-state index contributed by atoms with van der Waals surface area (Å²) in [7, 11) is 2.82. The van der Waals surface area contributed by atoms with Crippen LogP contribution < -0.4 is 23.7 Å². The molecule has 0 spiro atoms. The second kappa shape index (κ2) is 8.76. The highest BCUT2D eigenvalue weighted by Crippen LogP contribution is 2.51. The molecule has 1 aliphatic rings. The lowest BCUT2D eigenvalue weighted by Crippen LogP contribution is -2.36. The van der Waals surface area contributed by atoms with Crippen LogP contribution in [0.1, 0.15) is 57.6 Å². The quantitative estimate of drug-likeness (QED) is 0.170. The summed E-state index contributed by atoms with van der Waals surface area (Å²) in [6, 6.07) is 6.05. The van der Waals surface area contributed by atoms with Crippen LogP contribution in [0.15, 0.2) is 30.5 Å². The van der Waals surface area contributed by atoms with Gasteiger partial charge >= 0.3 is 11.9 Å². The van der Waals surface area contributed by atoms with E-state index in [2.05, 4.69) is 0 Å². The Kier molecular flexibility index (Phi) is 6.14. The number of fused-ring (bicyclic) bond motifs is 2. The Hall–Kier alpha value is -4.14. The fourth-order valence-corrected chi connectivity index (χ4v) is 3.96. The smallest absolute Gasteiger partial charge is 0.316 e. The van der Waals surface area contributed by atoms with Crippen molar-refractivity contribution >= 4 is 28.5 Å². The largest absolute Gasteiger partial charge is 0.618 e. The van der Waals surface area contributed by atoms with E-state index in [-0.39, 0.29) is 34.3 Å². The average Bonchev–Trinajstić information content (AvgIpc) is 2.81. The zero-order valence-electron chi connectivity index (χ0n) is 22.1. The number of methoxy groups -OCH3 is 2. The lowest BCUT2D eigenvalue weighted by Gasteiger charge is -2.25. The summed E-state index contributed by atoms with van der Waals surface area (Å²) in [6.45, 7) is 10.3. The minimum Gasteiger partial charge on any atom is -0.618 e. The van der Waals surface area contributed by atoms with Crippen molar-refractivity contribution in [1.82, 2.24) is 0 Å². The van der Waals surface area contributed by atoms with Crippen molar-refractivity contribution < 1.29 is 38.1 Å². The van der Waals surface area contributed by atoms with Crippen molar-refractivity contribution in [2.24, 2.45) is 10.8 Å². The molecular formula is C28H29NO8. The molecule has 0 fully saturated rings. The molecule has 0 bridgehead atoms. The van der Waals surface area contributed by atoms with E-state index in [9.17, 15) is 19.6 Å². The lowest BCUT2D eigenvalue weighted by molar-refractivity contribution is -0.605. The topological polar surface area (TPSA) is 115 Å². The van der Waals surface area contributed by atoms with E-state index in [1.807, 2.05) is 0 Å². The van der Waals surface area contributed by atoms with E-state index >= 15 is 0 Å². The monoisotopic (exact) mass is 507 g/mol. The molecule has 0 aliphatic heterocycles. The third kappa shape index (κ3) is 4.34. The first-order valence-electron chi connectivity index (χ1n) is 11.7. The highest BCUT2D eigenvalue weighted by atomic mass is 16.6. The molecule has 0 atom stereocenters. The molecule has 9 nitrogen and oxygen atoms in total. The molecule has 9 heteroatoms. The van der Waals surface area contributed by atoms with Gasteiger partial charge in [-0.3, -0.25) is 14.4 Å². The van der Waals surface area contributed by atoms with Crippen molar-refractivity contribution in [3.63, 3.8) is 0 Å². The van der Waals surface area contributed by atoms with Gasteiger partial charge in [0.2, 0.25) is 0 Å².